The molecule has 0 fully saturated rings. The van der Waals surface area contributed by atoms with E-state index in [0.717, 1.165) is 16.7 Å². The van der Waals surface area contributed by atoms with Crippen LogP contribution in [0, 0.1) is 5.82 Å². The third kappa shape index (κ3) is 14.8. The number of esters is 1. The minimum absolute atomic E-state index is 0.0117. The van der Waals surface area contributed by atoms with Gasteiger partial charge in [-0.3, -0.25) is 19.3 Å². The van der Waals surface area contributed by atoms with Crippen LogP contribution in [0.25, 0.3) is 5.57 Å². The van der Waals surface area contributed by atoms with Crippen LogP contribution in [-0.4, -0.2) is 112 Å². The predicted molar refractivity (Wildman–Crippen MR) is 250 cm³/mol. The fraction of sp³-hybridized carbons (Fsp3) is 0.449. The number of fused-ring (bicyclic) bond motifs is 1. The standard InChI is InChI=1S/C42H54ClFN6O8.C7H6O2/c1-41(2,3)56-39(54)31(47-40(55)57-42(4,5)6)15-7-8-19-46-34(51)24-49-20-16-25(17-21-49)26-11-9-12-28-27(26)18-22-50(36(28)37(45)52)38(53)33-23-32(48-58-33)29-13-10-14-30(43)35(29)44;8-7(9)6-4-2-1-3-5-6/h9-14,16,31,33,36H,7-8,15,17-24H2,1-6H3,(H2,45,52)(H,46,51)(H,47,55);1-5H,(H,8,9)/t31?,33-,36+;/m1./s1. The summed E-state index contributed by atoms with van der Waals surface area (Å²) in [6.07, 6.45) is 2.94. The molecule has 0 spiro atoms. The van der Waals surface area contributed by atoms with Crippen LogP contribution < -0.4 is 16.4 Å². The van der Waals surface area contributed by atoms with Gasteiger partial charge in [-0.15, -0.1) is 0 Å². The number of rotatable bonds is 14. The Labute approximate surface area is 395 Å². The number of nitrogens with two attached hydrogens (primary N) is 1. The van der Waals surface area contributed by atoms with Crippen LogP contribution in [0.15, 0.2) is 78.0 Å². The molecule has 3 aromatic carbocycles. The lowest BCUT2D eigenvalue weighted by Crippen LogP contribution is -2.49. The first kappa shape index (κ1) is 51.7. The highest BCUT2D eigenvalue weighted by atomic mass is 35.5. The van der Waals surface area contributed by atoms with Crippen LogP contribution in [0.4, 0.5) is 9.18 Å². The van der Waals surface area contributed by atoms with Crippen molar-refractivity contribution >= 4 is 58.6 Å². The fourth-order valence-electron chi connectivity index (χ4n) is 7.81. The topological polar surface area (TPSA) is 219 Å². The van der Waals surface area contributed by atoms with Crippen LogP contribution in [0.5, 0.6) is 0 Å². The number of halogens is 2. The van der Waals surface area contributed by atoms with Crippen molar-refractivity contribution in [1.82, 2.24) is 20.4 Å². The van der Waals surface area contributed by atoms with Gasteiger partial charge in [-0.25, -0.2) is 18.8 Å². The summed E-state index contributed by atoms with van der Waals surface area (Å²) in [6.45, 7) is 12.5. The highest BCUT2D eigenvalue weighted by molar-refractivity contribution is 6.31. The number of nitrogens with one attached hydrogen (secondary N) is 2. The molecular formula is C49H60ClFN6O10. The number of unbranched alkanes of at least 4 members (excludes halogenated alkanes) is 1. The van der Waals surface area contributed by atoms with E-state index in [9.17, 15) is 33.2 Å². The molecule has 6 rings (SSSR count). The quantitative estimate of drug-likeness (QED) is 0.1000. The number of aromatic carboxylic acids is 1. The van der Waals surface area contributed by atoms with Gasteiger partial charge in [0.25, 0.3) is 5.91 Å². The largest absolute Gasteiger partial charge is 0.478 e. The van der Waals surface area contributed by atoms with Crippen molar-refractivity contribution in [2.75, 3.05) is 32.7 Å². The fourth-order valence-corrected chi connectivity index (χ4v) is 7.98. The molecule has 3 aromatic rings. The molecule has 0 saturated carbocycles. The molecule has 360 valence electrons. The van der Waals surface area contributed by atoms with Gasteiger partial charge in [-0.1, -0.05) is 65.3 Å². The van der Waals surface area contributed by atoms with Gasteiger partial charge in [-0.2, -0.15) is 0 Å². The molecule has 0 bridgehead atoms. The molecule has 0 saturated heterocycles. The Morgan fingerprint density at radius 1 is 0.910 bits per heavy atom. The lowest BCUT2D eigenvalue weighted by molar-refractivity contribution is -0.157. The Balaban J connectivity index is 0.000000834. The van der Waals surface area contributed by atoms with Crippen molar-refractivity contribution in [3.05, 3.63) is 111 Å². The summed E-state index contributed by atoms with van der Waals surface area (Å²) >= 11 is 5.94. The van der Waals surface area contributed by atoms with Crippen molar-refractivity contribution in [2.45, 2.75) is 109 Å². The van der Waals surface area contributed by atoms with Crippen molar-refractivity contribution in [1.29, 1.82) is 0 Å². The number of ether oxygens (including phenoxy) is 2. The van der Waals surface area contributed by atoms with E-state index in [1.54, 1.807) is 77.9 Å². The number of hydrogen-bond donors (Lipinski definition) is 4. The number of nitrogens with zero attached hydrogens (tertiary/aromatic N) is 3. The number of hydrogen-bond acceptors (Lipinski definition) is 11. The van der Waals surface area contributed by atoms with E-state index in [1.807, 2.05) is 23.1 Å². The van der Waals surface area contributed by atoms with Crippen LogP contribution in [-0.2, 0) is 39.9 Å². The molecule has 5 N–H and O–H groups in total. The summed E-state index contributed by atoms with van der Waals surface area (Å²) in [5, 5.41) is 17.9. The molecule has 4 amide bonds. The monoisotopic (exact) mass is 946 g/mol. The number of carbonyl (C=O) groups excluding carboxylic acids is 5. The summed E-state index contributed by atoms with van der Waals surface area (Å²) in [7, 11) is 0. The Morgan fingerprint density at radius 2 is 1.60 bits per heavy atom. The highest BCUT2D eigenvalue weighted by Gasteiger charge is 2.41. The molecule has 3 heterocycles. The smallest absolute Gasteiger partial charge is 0.408 e. The van der Waals surface area contributed by atoms with Gasteiger partial charge in [-0.05, 0) is 120 Å². The van der Waals surface area contributed by atoms with E-state index in [0.29, 0.717) is 62.9 Å². The maximum Gasteiger partial charge on any atom is 0.408 e. The maximum atomic E-state index is 14.7. The first-order valence-corrected chi connectivity index (χ1v) is 22.6. The lowest BCUT2D eigenvalue weighted by atomic mass is 9.84. The van der Waals surface area contributed by atoms with Crippen molar-refractivity contribution in [3.8, 4) is 0 Å². The first-order valence-electron chi connectivity index (χ1n) is 22.2. The number of carboxylic acids is 1. The zero-order chi connectivity index (χ0) is 49.1. The van der Waals surface area contributed by atoms with Gasteiger partial charge in [0.15, 0.2) is 5.82 Å². The number of carboxylic acid groups (broad SMARTS) is 1. The normalized spacial score (nSPS) is 17.5. The molecule has 67 heavy (non-hydrogen) atoms. The molecule has 1 unspecified atom stereocenters. The number of alkyl carbamates (subject to hydrolysis) is 1. The third-order valence-electron chi connectivity index (χ3n) is 10.8. The molecule has 0 aliphatic carbocycles. The predicted octanol–water partition coefficient (Wildman–Crippen LogP) is 6.58. The second-order valence-corrected chi connectivity index (χ2v) is 18.8. The first-order chi connectivity index (χ1) is 31.6. The van der Waals surface area contributed by atoms with Crippen LogP contribution in [0.3, 0.4) is 0 Å². The Morgan fingerprint density at radius 3 is 2.22 bits per heavy atom. The Kier molecular flexibility index (Phi) is 17.7. The van der Waals surface area contributed by atoms with Gasteiger partial charge in [0.05, 0.1) is 22.8 Å². The van der Waals surface area contributed by atoms with Crippen molar-refractivity contribution < 1.29 is 52.6 Å². The maximum absolute atomic E-state index is 14.7. The number of amides is 4. The van der Waals surface area contributed by atoms with Crippen LogP contribution in [0.2, 0.25) is 5.02 Å². The molecular weight excluding hydrogens is 887 g/mol. The Bertz CT molecular complexity index is 2360. The van der Waals surface area contributed by atoms with Crippen LogP contribution in [0.1, 0.15) is 112 Å². The number of oxime groups is 1. The van der Waals surface area contributed by atoms with Crippen molar-refractivity contribution in [3.63, 3.8) is 0 Å². The number of primary amides is 1. The van der Waals surface area contributed by atoms with Crippen molar-refractivity contribution in [2.24, 2.45) is 10.9 Å². The molecule has 18 heteroatoms. The summed E-state index contributed by atoms with van der Waals surface area (Å²) in [5.74, 6) is -3.34. The molecule has 16 nitrogen and oxygen atoms in total. The average molecular weight is 948 g/mol. The zero-order valence-corrected chi connectivity index (χ0v) is 39.5. The summed E-state index contributed by atoms with van der Waals surface area (Å²) < 4.78 is 25.5. The second kappa shape index (κ2) is 22.9. The molecule has 0 radical (unpaired) electrons. The second-order valence-electron chi connectivity index (χ2n) is 18.4. The molecule has 3 atom stereocenters. The van der Waals surface area contributed by atoms with E-state index >= 15 is 0 Å². The number of carbonyl (C=O) groups is 6. The summed E-state index contributed by atoms with van der Waals surface area (Å²) in [4.78, 5) is 83.8. The van der Waals surface area contributed by atoms with E-state index < -0.39 is 65.1 Å². The Hall–Kier alpha value is -6.33. The third-order valence-corrected chi connectivity index (χ3v) is 11.1. The zero-order valence-electron chi connectivity index (χ0n) is 38.7. The SMILES string of the molecule is CC(C)(C)OC(=O)NC(CCCCNC(=O)CN1CC=C(c2cccc3c2CCN(C(=O)[C@H]2CC(c4cccc(Cl)c4F)=NO2)[C@@H]3C(N)=O)CC1)C(=O)OC(C)(C)C.O=C(O)c1ccccc1. The van der Waals surface area contributed by atoms with Gasteiger partial charge in [0.1, 0.15) is 23.3 Å². The minimum atomic E-state index is -1.05. The van der Waals surface area contributed by atoms with E-state index in [2.05, 4.69) is 21.9 Å². The minimum Gasteiger partial charge on any atom is -0.478 e. The number of benzene rings is 3. The van der Waals surface area contributed by atoms with Gasteiger partial charge in [0.2, 0.25) is 17.9 Å². The molecule has 3 aliphatic rings. The van der Waals surface area contributed by atoms with Gasteiger partial charge in [0, 0.05) is 38.2 Å². The summed E-state index contributed by atoms with van der Waals surface area (Å²) in [5.41, 5.74) is 8.85. The van der Waals surface area contributed by atoms with E-state index in [4.69, 9.17) is 36.8 Å². The summed E-state index contributed by atoms with van der Waals surface area (Å²) in [6, 6.07) is 16.6. The van der Waals surface area contributed by atoms with E-state index in [-0.39, 0.29) is 41.7 Å². The van der Waals surface area contributed by atoms with Gasteiger partial charge >= 0.3 is 18.0 Å². The molecule has 0 aromatic heterocycles. The molecule has 3 aliphatic heterocycles. The van der Waals surface area contributed by atoms with Gasteiger partial charge < -0.3 is 40.7 Å². The lowest BCUT2D eigenvalue weighted by Gasteiger charge is -2.37. The average Bonchev–Trinajstić information content (AvgIpc) is 3.76. The van der Waals surface area contributed by atoms with E-state index in [1.165, 1.54) is 17.0 Å². The van der Waals surface area contributed by atoms with Crippen LogP contribution >= 0.6 is 11.6 Å². The highest BCUT2D eigenvalue weighted by Crippen LogP contribution is 2.37.